The van der Waals surface area contributed by atoms with Crippen molar-refractivity contribution in [1.29, 1.82) is 0 Å². The molecule has 1 heterocycles. The summed E-state index contributed by atoms with van der Waals surface area (Å²) in [6.07, 6.45) is 1.57. The van der Waals surface area contributed by atoms with Crippen LogP contribution in [0.2, 0.25) is 0 Å². The molecule has 0 atom stereocenters. The summed E-state index contributed by atoms with van der Waals surface area (Å²) < 4.78 is 33.7. The van der Waals surface area contributed by atoms with E-state index in [1.54, 1.807) is 43.3 Å². The number of aryl methyl sites for hydroxylation is 2. The van der Waals surface area contributed by atoms with Crippen molar-refractivity contribution < 1.29 is 18.6 Å². The Balaban J connectivity index is 0.00000149. The fraction of sp³-hybridized carbons (Fsp3) is 0.192. The average Bonchev–Trinajstić information content (AvgIpc) is 2.76. The van der Waals surface area contributed by atoms with Crippen molar-refractivity contribution in [2.24, 2.45) is 4.99 Å². The monoisotopic (exact) mass is 451 g/mol. The van der Waals surface area contributed by atoms with E-state index >= 15 is 0 Å². The summed E-state index contributed by atoms with van der Waals surface area (Å²) in [6, 6.07) is 10.6. The molecule has 0 bridgehead atoms. The molecular weight excluding hydrogens is 424 g/mol. The smallest absolute Gasteiger partial charge is 0.172 e. The second-order valence-electron chi connectivity index (χ2n) is 7.47. The Morgan fingerprint density at radius 1 is 1.06 bits per heavy atom. The van der Waals surface area contributed by atoms with E-state index in [-0.39, 0.29) is 12.3 Å². The second kappa shape index (κ2) is 9.73. The highest BCUT2D eigenvalue weighted by molar-refractivity contribution is 5.94. The number of nitrogens with two attached hydrogens (primary N) is 1. The number of halogens is 2. The van der Waals surface area contributed by atoms with Gasteiger partial charge in [-0.25, -0.2) is 13.8 Å². The van der Waals surface area contributed by atoms with Gasteiger partial charge in [0, 0.05) is 28.9 Å². The van der Waals surface area contributed by atoms with Gasteiger partial charge in [-0.05, 0) is 55.3 Å². The Kier molecular flexibility index (Phi) is 7.01. The molecule has 4 rings (SSSR count). The van der Waals surface area contributed by atoms with Crippen LogP contribution >= 0.6 is 0 Å². The van der Waals surface area contributed by atoms with Gasteiger partial charge in [0.1, 0.15) is 17.4 Å². The standard InChI is InChI=1S/C24H21F2N3O2.C2H6/c1-13-6-16(25)8-21(26)20(13)11-29-12-28-15(3)19-10-18(4-5-22(19)29)31-24-14(2)7-17(27)9-23(24)30;1-2/h4-10,12,30H,3,11,27H2,1-2H3;1-2H3. The molecule has 0 fully saturated rings. The summed E-state index contributed by atoms with van der Waals surface area (Å²) in [7, 11) is 0. The van der Waals surface area contributed by atoms with Crippen LogP contribution in [-0.2, 0) is 6.54 Å². The third-order valence-corrected chi connectivity index (χ3v) is 5.15. The molecule has 5 nitrogen and oxygen atoms in total. The molecule has 0 spiro atoms. The number of nitrogen functional groups attached to an aromatic ring is 1. The lowest BCUT2D eigenvalue weighted by Gasteiger charge is -2.27. The van der Waals surface area contributed by atoms with Gasteiger partial charge in [-0.1, -0.05) is 20.4 Å². The molecule has 0 unspecified atom stereocenters. The fourth-order valence-corrected chi connectivity index (χ4v) is 3.59. The summed E-state index contributed by atoms with van der Waals surface area (Å²) in [5.74, 6) is -0.492. The predicted octanol–water partition coefficient (Wildman–Crippen LogP) is 6.71. The Morgan fingerprint density at radius 3 is 2.45 bits per heavy atom. The largest absolute Gasteiger partial charge is 0.504 e. The molecule has 33 heavy (non-hydrogen) atoms. The van der Waals surface area contributed by atoms with Crippen LogP contribution in [0.4, 0.5) is 20.2 Å². The van der Waals surface area contributed by atoms with Gasteiger partial charge in [0.2, 0.25) is 0 Å². The zero-order valence-electron chi connectivity index (χ0n) is 19.1. The van der Waals surface area contributed by atoms with Crippen LogP contribution in [0.3, 0.4) is 0 Å². The van der Waals surface area contributed by atoms with Gasteiger partial charge < -0.3 is 20.5 Å². The minimum absolute atomic E-state index is 0.0593. The molecule has 0 saturated heterocycles. The van der Waals surface area contributed by atoms with Gasteiger partial charge in [0.05, 0.1) is 24.3 Å². The zero-order chi connectivity index (χ0) is 24.3. The molecule has 3 aromatic carbocycles. The molecule has 7 heteroatoms. The highest BCUT2D eigenvalue weighted by atomic mass is 19.1. The number of rotatable bonds is 4. The summed E-state index contributed by atoms with van der Waals surface area (Å²) >= 11 is 0. The number of hydrogen-bond donors (Lipinski definition) is 2. The van der Waals surface area contributed by atoms with Crippen LogP contribution < -0.4 is 15.4 Å². The Bertz CT molecular complexity index is 1190. The van der Waals surface area contributed by atoms with Crippen LogP contribution in [0.25, 0.3) is 5.70 Å². The molecule has 1 aliphatic rings. The maximum atomic E-state index is 14.3. The number of ether oxygens (including phenoxy) is 1. The van der Waals surface area contributed by atoms with Gasteiger partial charge in [-0.15, -0.1) is 0 Å². The van der Waals surface area contributed by atoms with Gasteiger partial charge in [-0.2, -0.15) is 0 Å². The Hall–Kier alpha value is -3.87. The first-order valence-corrected chi connectivity index (χ1v) is 10.6. The van der Waals surface area contributed by atoms with E-state index in [1.165, 1.54) is 12.1 Å². The molecule has 1 aliphatic heterocycles. The minimum atomic E-state index is -0.608. The molecule has 0 aliphatic carbocycles. The third kappa shape index (κ3) is 4.98. The first-order valence-electron chi connectivity index (χ1n) is 10.6. The molecule has 0 radical (unpaired) electrons. The lowest BCUT2D eigenvalue weighted by atomic mass is 10.0. The minimum Gasteiger partial charge on any atom is -0.504 e. The number of hydrogen-bond acceptors (Lipinski definition) is 5. The SMILES string of the molecule is C=C1N=CN(Cc2c(C)cc(F)cc2F)c2ccc(Oc3c(C)cc(N)cc3O)cc21.CC. The first-order chi connectivity index (χ1) is 15.7. The lowest BCUT2D eigenvalue weighted by molar-refractivity contribution is 0.409. The predicted molar refractivity (Wildman–Crippen MR) is 130 cm³/mol. The molecule has 0 amide bonds. The van der Waals surface area contributed by atoms with Crippen LogP contribution in [-0.4, -0.2) is 11.4 Å². The zero-order valence-corrected chi connectivity index (χ0v) is 19.1. The van der Waals surface area contributed by atoms with Crippen LogP contribution in [0.5, 0.6) is 17.2 Å². The molecule has 3 aromatic rings. The lowest BCUT2D eigenvalue weighted by Crippen LogP contribution is -2.25. The average molecular weight is 452 g/mol. The highest BCUT2D eigenvalue weighted by Gasteiger charge is 2.21. The van der Waals surface area contributed by atoms with Gasteiger partial charge >= 0.3 is 0 Å². The van der Waals surface area contributed by atoms with Crippen molar-refractivity contribution in [3.63, 3.8) is 0 Å². The third-order valence-electron chi connectivity index (χ3n) is 5.15. The number of aliphatic imine (C=N–C) groups is 1. The van der Waals surface area contributed by atoms with Gasteiger partial charge in [0.15, 0.2) is 11.5 Å². The maximum absolute atomic E-state index is 14.3. The number of benzene rings is 3. The van der Waals surface area contributed by atoms with Crippen molar-refractivity contribution in [3.05, 3.63) is 82.9 Å². The van der Waals surface area contributed by atoms with E-state index in [2.05, 4.69) is 11.6 Å². The van der Waals surface area contributed by atoms with Crippen molar-refractivity contribution >= 4 is 23.4 Å². The van der Waals surface area contributed by atoms with E-state index < -0.39 is 11.6 Å². The normalized spacial score (nSPS) is 12.2. The first kappa shape index (κ1) is 23.8. The summed E-state index contributed by atoms with van der Waals surface area (Å²) in [5, 5.41) is 10.2. The summed E-state index contributed by atoms with van der Waals surface area (Å²) in [6.45, 7) is 11.6. The molecule has 3 N–H and O–H groups in total. The van der Waals surface area contributed by atoms with E-state index in [9.17, 15) is 13.9 Å². The fourth-order valence-electron chi connectivity index (χ4n) is 3.59. The quantitative estimate of drug-likeness (QED) is 0.433. The Labute approximate surface area is 192 Å². The topological polar surface area (TPSA) is 71.1 Å². The highest BCUT2D eigenvalue weighted by Crippen LogP contribution is 2.39. The number of anilines is 2. The van der Waals surface area contributed by atoms with Crippen LogP contribution in [0.15, 0.2) is 54.0 Å². The molecule has 0 aromatic heterocycles. The van der Waals surface area contributed by atoms with Crippen molar-refractivity contribution in [1.82, 2.24) is 0 Å². The van der Waals surface area contributed by atoms with Crippen LogP contribution in [0.1, 0.15) is 36.1 Å². The van der Waals surface area contributed by atoms with E-state index in [4.69, 9.17) is 10.5 Å². The molecule has 172 valence electrons. The van der Waals surface area contributed by atoms with E-state index in [0.29, 0.717) is 45.1 Å². The van der Waals surface area contributed by atoms with E-state index in [1.807, 2.05) is 19.9 Å². The summed E-state index contributed by atoms with van der Waals surface area (Å²) in [4.78, 5) is 6.08. The van der Waals surface area contributed by atoms with Gasteiger partial charge in [0.25, 0.3) is 0 Å². The number of phenolic OH excluding ortho intramolecular Hbond substituents is 1. The molecular formula is C26H27F2N3O2. The summed E-state index contributed by atoms with van der Waals surface area (Å²) in [5.41, 5.74) is 9.76. The van der Waals surface area contributed by atoms with Crippen LogP contribution in [0, 0.1) is 25.5 Å². The number of fused-ring (bicyclic) bond motifs is 1. The Morgan fingerprint density at radius 2 is 1.79 bits per heavy atom. The van der Waals surface area contributed by atoms with Crippen molar-refractivity contribution in [2.75, 3.05) is 10.6 Å². The van der Waals surface area contributed by atoms with Crippen molar-refractivity contribution in [2.45, 2.75) is 34.2 Å². The van der Waals surface area contributed by atoms with Crippen molar-refractivity contribution in [3.8, 4) is 17.2 Å². The maximum Gasteiger partial charge on any atom is 0.172 e. The number of phenols is 1. The number of aromatic hydroxyl groups is 1. The molecule has 0 saturated carbocycles. The second-order valence-corrected chi connectivity index (χ2v) is 7.47. The number of nitrogens with zero attached hydrogens (tertiary/aromatic N) is 2. The van der Waals surface area contributed by atoms with E-state index in [0.717, 1.165) is 11.8 Å². The van der Waals surface area contributed by atoms with Gasteiger partial charge in [-0.3, -0.25) is 0 Å².